The Bertz CT molecular complexity index is 748. The van der Waals surface area contributed by atoms with Crippen LogP contribution < -0.4 is 5.32 Å². The van der Waals surface area contributed by atoms with E-state index in [0.29, 0.717) is 13.0 Å². The number of thiophene rings is 1. The molecule has 0 aliphatic rings. The van der Waals surface area contributed by atoms with Crippen molar-refractivity contribution < 1.29 is 19.2 Å². The van der Waals surface area contributed by atoms with Crippen LogP contribution in [0.2, 0.25) is 5.02 Å². The molecule has 0 fully saturated rings. The van der Waals surface area contributed by atoms with Crippen LogP contribution in [0.4, 0.5) is 5.69 Å². The summed E-state index contributed by atoms with van der Waals surface area (Å²) in [7, 11) is 0. The summed E-state index contributed by atoms with van der Waals surface area (Å²) in [4.78, 5) is 34.7. The molecule has 0 aliphatic heterocycles. The van der Waals surface area contributed by atoms with Crippen LogP contribution in [0.1, 0.15) is 15.2 Å². The minimum absolute atomic E-state index is 0.0440. The van der Waals surface area contributed by atoms with Crippen LogP contribution in [0.25, 0.3) is 0 Å². The average Bonchev–Trinajstić information content (AvgIpc) is 3.06. The van der Waals surface area contributed by atoms with Gasteiger partial charge in [0.15, 0.2) is 6.61 Å². The van der Waals surface area contributed by atoms with Gasteiger partial charge in [-0.2, -0.15) is 0 Å². The number of nitrogens with one attached hydrogen (secondary N) is 1. The highest BCUT2D eigenvalue weighted by molar-refractivity contribution is 7.09. The van der Waals surface area contributed by atoms with Gasteiger partial charge >= 0.3 is 5.97 Å². The Morgan fingerprint density at radius 3 is 2.79 bits per heavy atom. The number of carbonyl (C=O) groups is 2. The third-order valence-corrected chi connectivity index (χ3v) is 4.24. The van der Waals surface area contributed by atoms with E-state index in [1.165, 1.54) is 12.1 Å². The molecular weight excluding hydrogens is 356 g/mol. The smallest absolute Gasteiger partial charge is 0.338 e. The van der Waals surface area contributed by atoms with Crippen LogP contribution in [-0.4, -0.2) is 30.0 Å². The van der Waals surface area contributed by atoms with E-state index in [1.54, 1.807) is 11.3 Å². The zero-order valence-corrected chi connectivity index (χ0v) is 13.9. The maximum atomic E-state index is 11.8. The number of carbonyl (C=O) groups excluding carboxylic acids is 2. The first-order valence-corrected chi connectivity index (χ1v) is 8.13. The first kappa shape index (κ1) is 17.9. The summed E-state index contributed by atoms with van der Waals surface area (Å²) in [6, 6.07) is 7.43. The van der Waals surface area contributed by atoms with E-state index < -0.39 is 29.1 Å². The predicted octanol–water partition coefficient (Wildman–Crippen LogP) is 2.83. The van der Waals surface area contributed by atoms with Crippen molar-refractivity contribution in [3.63, 3.8) is 0 Å². The van der Waals surface area contributed by atoms with Crippen LogP contribution in [0.5, 0.6) is 0 Å². The van der Waals surface area contributed by atoms with Crippen LogP contribution in [0.3, 0.4) is 0 Å². The van der Waals surface area contributed by atoms with Gasteiger partial charge in [0.2, 0.25) is 0 Å². The molecule has 0 aliphatic carbocycles. The number of nitro benzene ring substituents is 1. The topological polar surface area (TPSA) is 98.5 Å². The van der Waals surface area contributed by atoms with Crippen molar-refractivity contribution >= 4 is 40.5 Å². The highest BCUT2D eigenvalue weighted by Crippen LogP contribution is 2.25. The quantitative estimate of drug-likeness (QED) is 0.460. The van der Waals surface area contributed by atoms with E-state index in [9.17, 15) is 19.7 Å². The molecule has 0 spiro atoms. The number of hydrogen-bond donors (Lipinski definition) is 1. The summed E-state index contributed by atoms with van der Waals surface area (Å²) >= 11 is 7.26. The number of nitro groups is 1. The van der Waals surface area contributed by atoms with E-state index in [1.807, 2.05) is 17.5 Å². The average molecular weight is 369 g/mol. The molecule has 0 atom stereocenters. The lowest BCUT2D eigenvalue weighted by Gasteiger charge is -2.06. The number of ether oxygens (including phenoxy) is 1. The normalized spacial score (nSPS) is 10.2. The fourth-order valence-corrected chi connectivity index (χ4v) is 2.72. The molecule has 2 rings (SSSR count). The molecule has 0 saturated carbocycles. The first-order chi connectivity index (χ1) is 11.5. The Kier molecular flexibility index (Phi) is 6.28. The van der Waals surface area contributed by atoms with Gasteiger partial charge in [0.25, 0.3) is 11.6 Å². The van der Waals surface area contributed by atoms with Gasteiger partial charge < -0.3 is 10.1 Å². The second kappa shape index (κ2) is 8.42. The third kappa shape index (κ3) is 5.04. The molecule has 0 unspecified atom stereocenters. The lowest BCUT2D eigenvalue weighted by molar-refractivity contribution is -0.384. The SMILES string of the molecule is O=C(COC(=O)c1ccc(Cl)c([N+](=O)[O-])c1)NCCc1cccs1. The summed E-state index contributed by atoms with van der Waals surface area (Å²) in [5, 5.41) is 15.3. The van der Waals surface area contributed by atoms with E-state index >= 15 is 0 Å². The molecule has 1 aromatic carbocycles. The van der Waals surface area contributed by atoms with Crippen molar-refractivity contribution in [1.29, 1.82) is 0 Å². The predicted molar refractivity (Wildman–Crippen MR) is 89.4 cm³/mol. The van der Waals surface area contributed by atoms with E-state index in [2.05, 4.69) is 5.32 Å². The molecule has 1 amide bonds. The molecule has 0 radical (unpaired) electrons. The number of hydrogen-bond acceptors (Lipinski definition) is 6. The Balaban J connectivity index is 1.81. The van der Waals surface area contributed by atoms with Gasteiger partial charge in [-0.05, 0) is 30.0 Å². The highest BCUT2D eigenvalue weighted by atomic mass is 35.5. The summed E-state index contributed by atoms with van der Waals surface area (Å²) in [6.07, 6.45) is 0.695. The molecule has 126 valence electrons. The van der Waals surface area contributed by atoms with Crippen molar-refractivity contribution in [3.05, 3.63) is 61.3 Å². The first-order valence-electron chi connectivity index (χ1n) is 6.87. The number of halogens is 1. The molecule has 0 saturated heterocycles. The van der Waals surface area contributed by atoms with Gasteiger partial charge in [0, 0.05) is 17.5 Å². The maximum absolute atomic E-state index is 11.8. The third-order valence-electron chi connectivity index (χ3n) is 2.99. The molecule has 1 N–H and O–H groups in total. The lowest BCUT2D eigenvalue weighted by atomic mass is 10.2. The van der Waals surface area contributed by atoms with Crippen LogP contribution in [-0.2, 0) is 16.0 Å². The molecule has 7 nitrogen and oxygen atoms in total. The number of benzene rings is 1. The van der Waals surface area contributed by atoms with Gasteiger partial charge in [-0.15, -0.1) is 11.3 Å². The lowest BCUT2D eigenvalue weighted by Crippen LogP contribution is -2.30. The second-order valence-corrected chi connectivity index (χ2v) is 6.12. The van der Waals surface area contributed by atoms with Gasteiger partial charge in [-0.3, -0.25) is 14.9 Å². The van der Waals surface area contributed by atoms with Crippen LogP contribution >= 0.6 is 22.9 Å². The Hall–Kier alpha value is -2.45. The van der Waals surface area contributed by atoms with Gasteiger partial charge in [0.05, 0.1) is 10.5 Å². The van der Waals surface area contributed by atoms with Crippen molar-refractivity contribution in [3.8, 4) is 0 Å². The minimum atomic E-state index is -0.830. The molecule has 1 aromatic heterocycles. The Morgan fingerprint density at radius 2 is 2.12 bits per heavy atom. The Morgan fingerprint density at radius 1 is 1.33 bits per heavy atom. The fourth-order valence-electron chi connectivity index (χ4n) is 1.82. The van der Waals surface area contributed by atoms with Crippen molar-refractivity contribution in [2.24, 2.45) is 0 Å². The van der Waals surface area contributed by atoms with E-state index in [-0.39, 0.29) is 10.6 Å². The molecule has 24 heavy (non-hydrogen) atoms. The minimum Gasteiger partial charge on any atom is -0.452 e. The van der Waals surface area contributed by atoms with Crippen molar-refractivity contribution in [2.45, 2.75) is 6.42 Å². The fraction of sp³-hybridized carbons (Fsp3) is 0.200. The molecular formula is C15H13ClN2O5S. The maximum Gasteiger partial charge on any atom is 0.338 e. The van der Waals surface area contributed by atoms with Crippen molar-refractivity contribution in [1.82, 2.24) is 5.32 Å². The monoisotopic (exact) mass is 368 g/mol. The summed E-state index contributed by atoms with van der Waals surface area (Å²) in [6.45, 7) is -0.0248. The highest BCUT2D eigenvalue weighted by Gasteiger charge is 2.17. The van der Waals surface area contributed by atoms with Gasteiger partial charge in [-0.25, -0.2) is 4.79 Å². The van der Waals surface area contributed by atoms with Crippen LogP contribution in [0.15, 0.2) is 35.7 Å². The van der Waals surface area contributed by atoms with E-state index in [0.717, 1.165) is 10.9 Å². The molecule has 1 heterocycles. The number of amides is 1. The van der Waals surface area contributed by atoms with Crippen LogP contribution in [0, 0.1) is 10.1 Å². The number of esters is 1. The molecule has 0 bridgehead atoms. The van der Waals surface area contributed by atoms with Gasteiger partial charge in [-0.1, -0.05) is 17.7 Å². The zero-order valence-electron chi connectivity index (χ0n) is 12.4. The standard InChI is InChI=1S/C15H13ClN2O5S/c16-12-4-3-10(8-13(12)18(21)22)15(20)23-9-14(19)17-6-5-11-2-1-7-24-11/h1-4,7-8H,5-6,9H2,(H,17,19). The summed E-state index contributed by atoms with van der Waals surface area (Å²) in [5.74, 6) is -1.27. The second-order valence-electron chi connectivity index (χ2n) is 4.68. The number of rotatable bonds is 7. The van der Waals surface area contributed by atoms with Gasteiger partial charge in [0.1, 0.15) is 5.02 Å². The van der Waals surface area contributed by atoms with E-state index in [4.69, 9.17) is 16.3 Å². The van der Waals surface area contributed by atoms with Crippen molar-refractivity contribution in [2.75, 3.05) is 13.2 Å². The summed E-state index contributed by atoms with van der Waals surface area (Å²) in [5.41, 5.74) is -0.441. The largest absolute Gasteiger partial charge is 0.452 e. The Labute approximate surface area is 146 Å². The summed E-state index contributed by atoms with van der Waals surface area (Å²) < 4.78 is 4.84. The number of nitrogens with zero attached hydrogens (tertiary/aromatic N) is 1. The molecule has 9 heteroatoms. The molecule has 2 aromatic rings. The zero-order chi connectivity index (χ0) is 17.5.